The largest absolute Gasteiger partial charge is 0.492 e. The second kappa shape index (κ2) is 7.09. The fourth-order valence-corrected chi connectivity index (χ4v) is 4.29. The number of nitrogens with zero attached hydrogens (tertiary/aromatic N) is 2. The predicted octanol–water partition coefficient (Wildman–Crippen LogP) is 0.301. The summed E-state index contributed by atoms with van der Waals surface area (Å²) in [5, 5.41) is 15.4. The summed E-state index contributed by atoms with van der Waals surface area (Å²) in [5.41, 5.74) is 0. The molecule has 0 saturated heterocycles. The number of methoxy groups -OCH3 is 2. The van der Waals surface area contributed by atoms with E-state index in [1.54, 1.807) is 23.8 Å². The van der Waals surface area contributed by atoms with E-state index in [2.05, 4.69) is 9.82 Å². The van der Waals surface area contributed by atoms with E-state index in [0.717, 1.165) is 11.3 Å². The monoisotopic (exact) mass is 347 g/mol. The minimum absolute atomic E-state index is 0.0122. The Bertz CT molecular complexity index is 696. The number of hydrogen-bond donors (Lipinski definition) is 2. The zero-order valence-electron chi connectivity index (χ0n) is 12.1. The lowest BCUT2D eigenvalue weighted by Crippen LogP contribution is -2.34. The van der Waals surface area contributed by atoms with Crippen molar-refractivity contribution in [2.45, 2.75) is 16.9 Å². The minimum atomic E-state index is -3.79. The SMILES string of the molecule is COc1csc(S(=O)(=O)NCC(O)Cn2cccn2)c1OC. The number of thiophene rings is 1. The van der Waals surface area contributed by atoms with Gasteiger partial charge in [0.2, 0.25) is 0 Å². The van der Waals surface area contributed by atoms with Crippen LogP contribution in [-0.4, -0.2) is 50.2 Å². The highest BCUT2D eigenvalue weighted by Crippen LogP contribution is 2.39. The molecule has 0 saturated carbocycles. The number of ether oxygens (including phenoxy) is 2. The van der Waals surface area contributed by atoms with Gasteiger partial charge in [0.25, 0.3) is 10.0 Å². The van der Waals surface area contributed by atoms with Gasteiger partial charge in [-0.15, -0.1) is 11.3 Å². The van der Waals surface area contributed by atoms with Gasteiger partial charge in [-0.25, -0.2) is 13.1 Å². The molecule has 0 spiro atoms. The second-order valence-electron chi connectivity index (χ2n) is 4.36. The Labute approximate surface area is 132 Å². The lowest BCUT2D eigenvalue weighted by atomic mass is 10.4. The first-order valence-electron chi connectivity index (χ1n) is 6.32. The van der Waals surface area contributed by atoms with Crippen molar-refractivity contribution >= 4 is 21.4 Å². The first-order chi connectivity index (χ1) is 10.5. The predicted molar refractivity (Wildman–Crippen MR) is 80.8 cm³/mol. The first-order valence-corrected chi connectivity index (χ1v) is 8.69. The highest BCUT2D eigenvalue weighted by Gasteiger charge is 2.25. The van der Waals surface area contributed by atoms with E-state index in [-0.39, 0.29) is 23.0 Å². The smallest absolute Gasteiger partial charge is 0.254 e. The van der Waals surface area contributed by atoms with E-state index < -0.39 is 16.1 Å². The Morgan fingerprint density at radius 1 is 1.45 bits per heavy atom. The Morgan fingerprint density at radius 2 is 2.23 bits per heavy atom. The molecular formula is C12H17N3O5S2. The van der Waals surface area contributed by atoms with E-state index >= 15 is 0 Å². The first kappa shape index (κ1) is 16.7. The molecule has 0 bridgehead atoms. The molecule has 0 fully saturated rings. The molecule has 0 radical (unpaired) electrons. The summed E-state index contributed by atoms with van der Waals surface area (Å²) in [6.07, 6.45) is 2.37. The summed E-state index contributed by atoms with van der Waals surface area (Å²) >= 11 is 0.990. The van der Waals surface area contributed by atoms with Crippen molar-refractivity contribution in [3.8, 4) is 11.5 Å². The highest BCUT2D eigenvalue weighted by molar-refractivity contribution is 7.91. The van der Waals surface area contributed by atoms with Gasteiger partial charge in [0, 0.05) is 24.3 Å². The number of aromatic nitrogens is 2. The van der Waals surface area contributed by atoms with Crippen LogP contribution in [0.2, 0.25) is 0 Å². The average Bonchev–Trinajstić information content (AvgIpc) is 3.13. The molecule has 2 rings (SSSR count). The maximum atomic E-state index is 12.3. The van der Waals surface area contributed by atoms with E-state index in [1.807, 2.05) is 0 Å². The van der Waals surface area contributed by atoms with Crippen molar-refractivity contribution in [3.63, 3.8) is 0 Å². The fourth-order valence-electron chi connectivity index (χ4n) is 1.79. The molecule has 2 aromatic rings. The van der Waals surface area contributed by atoms with Gasteiger partial charge in [-0.05, 0) is 6.07 Å². The van der Waals surface area contributed by atoms with Crippen LogP contribution >= 0.6 is 11.3 Å². The molecule has 0 aliphatic rings. The summed E-state index contributed by atoms with van der Waals surface area (Å²) < 4.78 is 38.6. The number of aliphatic hydroxyl groups is 1. The molecule has 8 nitrogen and oxygen atoms in total. The standard InChI is InChI=1S/C12H17N3O5S2/c1-19-10-8-21-12(11(10)20-2)22(17,18)14-6-9(16)7-15-5-3-4-13-15/h3-5,8-9,14,16H,6-7H2,1-2H3. The lowest BCUT2D eigenvalue weighted by molar-refractivity contribution is 0.153. The molecule has 0 aromatic carbocycles. The van der Waals surface area contributed by atoms with Crippen LogP contribution in [0.1, 0.15) is 0 Å². The molecular weight excluding hydrogens is 330 g/mol. The van der Waals surface area contributed by atoms with Crippen LogP contribution in [0.4, 0.5) is 0 Å². The minimum Gasteiger partial charge on any atom is -0.492 e. The van der Waals surface area contributed by atoms with Crippen molar-refractivity contribution in [3.05, 3.63) is 23.8 Å². The zero-order chi connectivity index (χ0) is 16.2. The number of sulfonamides is 1. The highest BCUT2D eigenvalue weighted by atomic mass is 32.2. The van der Waals surface area contributed by atoms with E-state index in [4.69, 9.17) is 9.47 Å². The van der Waals surface area contributed by atoms with Crippen LogP contribution in [0.3, 0.4) is 0 Å². The summed E-state index contributed by atoms with van der Waals surface area (Å²) in [5.74, 6) is 0.506. The van der Waals surface area contributed by atoms with Gasteiger partial charge in [-0.1, -0.05) is 0 Å². The van der Waals surface area contributed by atoms with Crippen LogP contribution in [0.15, 0.2) is 28.0 Å². The Hall–Kier alpha value is -1.62. The van der Waals surface area contributed by atoms with Gasteiger partial charge < -0.3 is 14.6 Å². The summed E-state index contributed by atoms with van der Waals surface area (Å²) in [6, 6.07) is 1.72. The number of aliphatic hydroxyl groups excluding tert-OH is 1. The van der Waals surface area contributed by atoms with E-state index in [9.17, 15) is 13.5 Å². The molecule has 0 aliphatic carbocycles. The molecule has 2 N–H and O–H groups in total. The van der Waals surface area contributed by atoms with Crippen molar-refractivity contribution in [1.82, 2.24) is 14.5 Å². The lowest BCUT2D eigenvalue weighted by Gasteiger charge is -2.12. The maximum Gasteiger partial charge on any atom is 0.254 e. The average molecular weight is 347 g/mol. The maximum absolute atomic E-state index is 12.3. The van der Waals surface area contributed by atoms with Crippen LogP contribution in [0.25, 0.3) is 0 Å². The summed E-state index contributed by atoms with van der Waals surface area (Å²) in [6.45, 7) is 0.0615. The Balaban J connectivity index is 2.03. The third-order valence-corrected chi connectivity index (χ3v) is 5.71. The zero-order valence-corrected chi connectivity index (χ0v) is 13.7. The third-order valence-electron chi connectivity index (χ3n) is 2.82. The van der Waals surface area contributed by atoms with Gasteiger partial charge in [0.05, 0.1) is 26.9 Å². The van der Waals surface area contributed by atoms with Crippen LogP contribution in [0, 0.1) is 0 Å². The van der Waals surface area contributed by atoms with Crippen molar-refractivity contribution < 1.29 is 23.0 Å². The van der Waals surface area contributed by atoms with Crippen molar-refractivity contribution in [2.75, 3.05) is 20.8 Å². The topological polar surface area (TPSA) is 103 Å². The molecule has 10 heteroatoms. The van der Waals surface area contributed by atoms with Crippen LogP contribution < -0.4 is 14.2 Å². The molecule has 122 valence electrons. The summed E-state index contributed by atoms with van der Waals surface area (Å²) in [7, 11) is -0.988. The normalized spacial score (nSPS) is 13.0. The van der Waals surface area contributed by atoms with Gasteiger partial charge in [0.15, 0.2) is 15.7 Å². The second-order valence-corrected chi connectivity index (χ2v) is 7.20. The van der Waals surface area contributed by atoms with Gasteiger partial charge >= 0.3 is 0 Å². The van der Waals surface area contributed by atoms with Crippen LogP contribution in [0.5, 0.6) is 11.5 Å². The number of nitrogens with one attached hydrogen (secondary N) is 1. The van der Waals surface area contributed by atoms with Crippen molar-refractivity contribution in [2.24, 2.45) is 0 Å². The van der Waals surface area contributed by atoms with E-state index in [1.165, 1.54) is 18.9 Å². The molecule has 2 aromatic heterocycles. The number of rotatable bonds is 8. The fraction of sp³-hybridized carbons (Fsp3) is 0.417. The van der Waals surface area contributed by atoms with E-state index in [0.29, 0.717) is 5.75 Å². The van der Waals surface area contributed by atoms with Crippen LogP contribution in [-0.2, 0) is 16.6 Å². The molecule has 0 amide bonds. The molecule has 2 heterocycles. The summed E-state index contributed by atoms with van der Waals surface area (Å²) in [4.78, 5) is 0. The Morgan fingerprint density at radius 3 is 2.82 bits per heavy atom. The molecule has 1 unspecified atom stereocenters. The molecule has 1 atom stereocenters. The molecule has 22 heavy (non-hydrogen) atoms. The van der Waals surface area contributed by atoms with Gasteiger partial charge in [-0.2, -0.15) is 5.10 Å². The van der Waals surface area contributed by atoms with Gasteiger partial charge in [0.1, 0.15) is 0 Å². The quantitative estimate of drug-likeness (QED) is 0.712. The van der Waals surface area contributed by atoms with Crippen molar-refractivity contribution in [1.29, 1.82) is 0 Å². The number of hydrogen-bond acceptors (Lipinski definition) is 7. The Kier molecular flexibility index (Phi) is 5.40. The van der Waals surface area contributed by atoms with Gasteiger partial charge in [-0.3, -0.25) is 4.68 Å². The molecule has 0 aliphatic heterocycles. The third kappa shape index (κ3) is 3.77.